The number of hydrogen-bond acceptors (Lipinski definition) is 6. The molecule has 0 atom stereocenters. The Kier molecular flexibility index (Phi) is 6.46. The van der Waals surface area contributed by atoms with Gasteiger partial charge in [0.05, 0.1) is 13.2 Å². The van der Waals surface area contributed by atoms with Crippen LogP contribution in [0.3, 0.4) is 0 Å². The van der Waals surface area contributed by atoms with Gasteiger partial charge in [-0.25, -0.2) is 0 Å². The summed E-state index contributed by atoms with van der Waals surface area (Å²) in [5.41, 5.74) is 0. The van der Waals surface area contributed by atoms with E-state index in [4.69, 9.17) is 19.2 Å². The van der Waals surface area contributed by atoms with E-state index in [1.54, 1.807) is 0 Å². The number of rotatable bonds is 6. The first-order valence-electron chi connectivity index (χ1n) is 10.4. The van der Waals surface area contributed by atoms with Gasteiger partial charge in [0.15, 0.2) is 0 Å². The van der Waals surface area contributed by atoms with Gasteiger partial charge in [0, 0.05) is 31.6 Å². The van der Waals surface area contributed by atoms with Crippen molar-refractivity contribution in [1.29, 1.82) is 0 Å². The molecule has 1 saturated carbocycles. The second-order valence-electron chi connectivity index (χ2n) is 7.70. The number of methoxy groups -OCH3 is 1. The quantitative estimate of drug-likeness (QED) is 0.805. The van der Waals surface area contributed by atoms with Crippen molar-refractivity contribution in [2.45, 2.75) is 37.8 Å². The number of amides is 1. The molecule has 1 aliphatic heterocycles. The summed E-state index contributed by atoms with van der Waals surface area (Å²) in [6, 6.07) is 10.6. The van der Waals surface area contributed by atoms with Crippen molar-refractivity contribution in [3.05, 3.63) is 30.3 Å². The molecule has 29 heavy (non-hydrogen) atoms. The molecule has 2 fully saturated rings. The van der Waals surface area contributed by atoms with E-state index in [9.17, 15) is 4.79 Å². The van der Waals surface area contributed by atoms with Gasteiger partial charge in [-0.1, -0.05) is 18.2 Å². The van der Waals surface area contributed by atoms with Crippen LogP contribution in [0.5, 0.6) is 5.88 Å². The summed E-state index contributed by atoms with van der Waals surface area (Å²) in [5.74, 6) is 1.60. The third kappa shape index (κ3) is 4.97. The predicted molar refractivity (Wildman–Crippen MR) is 111 cm³/mol. The summed E-state index contributed by atoms with van der Waals surface area (Å²) in [6.45, 7) is 3.25. The molecule has 2 aliphatic rings. The maximum absolute atomic E-state index is 11.7. The second kappa shape index (κ2) is 9.41. The highest BCUT2D eigenvalue weighted by Gasteiger charge is 2.25. The Morgan fingerprint density at radius 1 is 1.21 bits per heavy atom. The molecule has 1 saturated heterocycles. The van der Waals surface area contributed by atoms with Gasteiger partial charge < -0.3 is 24.4 Å². The number of ether oxygens (including phenoxy) is 3. The summed E-state index contributed by atoms with van der Waals surface area (Å²) in [5, 5.41) is 5.21. The first kappa shape index (κ1) is 19.9. The van der Waals surface area contributed by atoms with Crippen LogP contribution in [0.25, 0.3) is 10.8 Å². The number of fused-ring (bicyclic) bond motifs is 1. The number of hydrogen-bond donors (Lipinski definition) is 1. The molecule has 156 valence electrons. The molecule has 4 rings (SSSR count). The minimum Gasteiger partial charge on any atom is -0.474 e. The first-order valence-corrected chi connectivity index (χ1v) is 10.4. The van der Waals surface area contributed by atoms with E-state index < -0.39 is 0 Å². The molecule has 7 nitrogen and oxygen atoms in total. The molecule has 1 aliphatic carbocycles. The van der Waals surface area contributed by atoms with Gasteiger partial charge in [-0.3, -0.25) is 4.79 Å². The molecule has 2 aromatic rings. The van der Waals surface area contributed by atoms with Crippen LogP contribution in [0.2, 0.25) is 0 Å². The van der Waals surface area contributed by atoms with Crippen molar-refractivity contribution in [3.63, 3.8) is 0 Å². The van der Waals surface area contributed by atoms with Gasteiger partial charge in [-0.15, -0.1) is 0 Å². The molecule has 1 amide bonds. The van der Waals surface area contributed by atoms with Crippen molar-refractivity contribution in [1.82, 2.24) is 10.3 Å². The average Bonchev–Trinajstić information content (AvgIpc) is 2.76. The van der Waals surface area contributed by atoms with Gasteiger partial charge in [0.25, 0.3) is 0 Å². The maximum Gasteiger partial charge on any atom is 0.246 e. The molecular weight excluding hydrogens is 370 g/mol. The van der Waals surface area contributed by atoms with Crippen LogP contribution < -0.4 is 15.0 Å². The molecule has 0 radical (unpaired) electrons. The lowest BCUT2D eigenvalue weighted by atomic mass is 9.93. The largest absolute Gasteiger partial charge is 0.474 e. The standard InChI is InChI=1S/C22H29N3O4/c1-27-15-21(26)23-17-6-8-18(9-7-17)29-22-19-5-3-2-4-16(19)14-20(24-22)25-10-12-28-13-11-25/h2-5,14,17-18H,6-13,15H2,1H3,(H,23,26)/t17-,18+. The van der Waals surface area contributed by atoms with Gasteiger partial charge in [-0.2, -0.15) is 4.98 Å². The highest BCUT2D eigenvalue weighted by Crippen LogP contribution is 2.31. The highest BCUT2D eigenvalue weighted by molar-refractivity contribution is 5.89. The van der Waals surface area contributed by atoms with E-state index >= 15 is 0 Å². The average molecular weight is 399 g/mol. The van der Waals surface area contributed by atoms with E-state index in [1.165, 1.54) is 7.11 Å². The third-order valence-electron chi connectivity index (χ3n) is 5.62. The Hall–Kier alpha value is -2.38. The van der Waals surface area contributed by atoms with Crippen LogP contribution in [0.15, 0.2) is 30.3 Å². The van der Waals surface area contributed by atoms with E-state index in [0.717, 1.165) is 68.6 Å². The molecule has 1 aromatic carbocycles. The Morgan fingerprint density at radius 2 is 1.97 bits per heavy atom. The summed E-state index contributed by atoms with van der Waals surface area (Å²) in [6.07, 6.45) is 3.72. The fraction of sp³-hybridized carbons (Fsp3) is 0.545. The molecular formula is C22H29N3O4. The molecule has 0 bridgehead atoms. The summed E-state index contributed by atoms with van der Waals surface area (Å²) >= 11 is 0. The SMILES string of the molecule is COCC(=O)N[C@H]1CC[C@@H](Oc2nc(N3CCOCC3)cc3ccccc23)CC1. The van der Waals surface area contributed by atoms with Crippen molar-refractivity contribution >= 4 is 22.5 Å². The van der Waals surface area contributed by atoms with E-state index in [2.05, 4.69) is 28.4 Å². The lowest BCUT2D eigenvalue weighted by Gasteiger charge is -2.31. The lowest BCUT2D eigenvalue weighted by molar-refractivity contribution is -0.125. The Labute approximate surface area is 171 Å². The molecule has 0 spiro atoms. The van der Waals surface area contributed by atoms with Crippen LogP contribution in [0, 0.1) is 0 Å². The number of carbonyl (C=O) groups excluding carboxylic acids is 1. The number of carbonyl (C=O) groups is 1. The Morgan fingerprint density at radius 3 is 2.72 bits per heavy atom. The monoisotopic (exact) mass is 399 g/mol. The van der Waals surface area contributed by atoms with Gasteiger partial charge >= 0.3 is 0 Å². The lowest BCUT2D eigenvalue weighted by Crippen LogP contribution is -2.41. The van der Waals surface area contributed by atoms with Crippen LogP contribution in [-0.4, -0.2) is 63.1 Å². The van der Waals surface area contributed by atoms with Crippen LogP contribution in [0.4, 0.5) is 5.82 Å². The first-order chi connectivity index (χ1) is 14.2. The number of benzene rings is 1. The van der Waals surface area contributed by atoms with Crippen LogP contribution >= 0.6 is 0 Å². The fourth-order valence-corrected chi connectivity index (χ4v) is 4.08. The van der Waals surface area contributed by atoms with Crippen molar-refractivity contribution in [2.75, 3.05) is 44.9 Å². The van der Waals surface area contributed by atoms with Gasteiger partial charge in [0.1, 0.15) is 18.5 Å². The zero-order valence-corrected chi connectivity index (χ0v) is 16.9. The zero-order valence-electron chi connectivity index (χ0n) is 16.9. The Bertz CT molecular complexity index is 830. The smallest absolute Gasteiger partial charge is 0.246 e. The van der Waals surface area contributed by atoms with Crippen LogP contribution in [0.1, 0.15) is 25.7 Å². The third-order valence-corrected chi connectivity index (χ3v) is 5.62. The van der Waals surface area contributed by atoms with E-state index in [-0.39, 0.29) is 24.7 Å². The number of morpholine rings is 1. The van der Waals surface area contributed by atoms with Crippen molar-refractivity contribution in [2.24, 2.45) is 0 Å². The minimum absolute atomic E-state index is 0.0530. The minimum atomic E-state index is -0.0530. The number of pyridine rings is 1. The molecule has 0 unspecified atom stereocenters. The zero-order chi connectivity index (χ0) is 20.1. The molecule has 1 aromatic heterocycles. The molecule has 2 heterocycles. The molecule has 7 heteroatoms. The van der Waals surface area contributed by atoms with Gasteiger partial charge in [0.2, 0.25) is 11.8 Å². The number of nitrogens with one attached hydrogen (secondary N) is 1. The number of aromatic nitrogens is 1. The Balaban J connectivity index is 1.45. The van der Waals surface area contributed by atoms with Crippen molar-refractivity contribution in [3.8, 4) is 5.88 Å². The van der Waals surface area contributed by atoms with Crippen molar-refractivity contribution < 1.29 is 19.0 Å². The highest BCUT2D eigenvalue weighted by atomic mass is 16.5. The fourth-order valence-electron chi connectivity index (χ4n) is 4.08. The normalized spacial score (nSPS) is 22.4. The van der Waals surface area contributed by atoms with E-state index in [0.29, 0.717) is 5.88 Å². The predicted octanol–water partition coefficient (Wildman–Crippen LogP) is 2.52. The van der Waals surface area contributed by atoms with Gasteiger partial charge in [-0.05, 0) is 43.2 Å². The second-order valence-corrected chi connectivity index (χ2v) is 7.70. The number of nitrogens with zero attached hydrogens (tertiary/aromatic N) is 2. The topological polar surface area (TPSA) is 72.9 Å². The summed E-state index contributed by atoms with van der Waals surface area (Å²) in [7, 11) is 1.53. The van der Waals surface area contributed by atoms with E-state index in [1.807, 2.05) is 12.1 Å². The molecule has 1 N–H and O–H groups in total. The summed E-state index contributed by atoms with van der Waals surface area (Å²) in [4.78, 5) is 18.9. The number of anilines is 1. The van der Waals surface area contributed by atoms with Crippen LogP contribution in [-0.2, 0) is 14.3 Å². The maximum atomic E-state index is 11.7. The summed E-state index contributed by atoms with van der Waals surface area (Å²) < 4.78 is 16.8.